The van der Waals surface area contributed by atoms with Crippen molar-refractivity contribution in [2.75, 3.05) is 13.2 Å². The Morgan fingerprint density at radius 1 is 0.840 bits per heavy atom. The Morgan fingerprint density at radius 2 is 1.32 bits per heavy atom. The van der Waals surface area contributed by atoms with E-state index >= 15 is 0 Å². The minimum absolute atomic E-state index is 0.0459. The summed E-state index contributed by atoms with van der Waals surface area (Å²) in [4.78, 5) is 46.8. The van der Waals surface area contributed by atoms with E-state index in [9.17, 15) is 19.2 Å². The minimum Gasteiger partial charge on any atom is -0.436 e. The molecule has 0 bridgehead atoms. The number of amides is 4. The number of terminal acetylenes is 2. The van der Waals surface area contributed by atoms with Gasteiger partial charge in [-0.15, -0.1) is 12.8 Å². The van der Waals surface area contributed by atoms with Crippen LogP contribution >= 0.6 is 0 Å². The van der Waals surface area contributed by atoms with E-state index in [-0.39, 0.29) is 13.2 Å². The molecular weight excluding hydrogens is 328 g/mol. The summed E-state index contributed by atoms with van der Waals surface area (Å²) in [6, 6.07) is -2.70. The normalized spacial score (nSPS) is 13.0. The topological polar surface area (TPSA) is 126 Å². The quantitative estimate of drug-likeness (QED) is 0.396. The largest absolute Gasteiger partial charge is 0.436 e. The Labute approximate surface area is 146 Å². The molecule has 0 aliphatic heterocycles. The lowest BCUT2D eigenvalue weighted by atomic mass is 10.2. The van der Waals surface area contributed by atoms with Gasteiger partial charge in [-0.1, -0.05) is 11.8 Å². The van der Waals surface area contributed by atoms with E-state index in [0.717, 1.165) is 0 Å². The van der Waals surface area contributed by atoms with E-state index in [4.69, 9.17) is 12.8 Å². The van der Waals surface area contributed by atoms with Crippen molar-refractivity contribution in [3.05, 3.63) is 0 Å². The second kappa shape index (κ2) is 11.4. The van der Waals surface area contributed by atoms with Gasteiger partial charge in [0.2, 0.25) is 17.7 Å². The van der Waals surface area contributed by atoms with Crippen LogP contribution in [0.5, 0.6) is 0 Å². The number of ether oxygens (including phenoxy) is 1. The molecule has 0 aromatic carbocycles. The van der Waals surface area contributed by atoms with Crippen LogP contribution < -0.4 is 21.3 Å². The molecule has 3 atom stereocenters. The third kappa shape index (κ3) is 8.86. The van der Waals surface area contributed by atoms with Gasteiger partial charge in [0.05, 0.1) is 6.54 Å². The minimum atomic E-state index is -0.947. The fourth-order valence-corrected chi connectivity index (χ4v) is 1.49. The maximum Gasteiger partial charge on any atom is 0.408 e. The summed E-state index contributed by atoms with van der Waals surface area (Å²) in [6.45, 7) is 4.14. The average Bonchev–Trinajstić information content (AvgIpc) is 2.57. The zero-order valence-electron chi connectivity index (χ0n) is 14.3. The zero-order chi connectivity index (χ0) is 19.4. The highest BCUT2D eigenvalue weighted by Gasteiger charge is 2.23. The second-order valence-corrected chi connectivity index (χ2v) is 5.03. The van der Waals surface area contributed by atoms with Crippen LogP contribution in [0.4, 0.5) is 4.79 Å². The van der Waals surface area contributed by atoms with Gasteiger partial charge in [-0.25, -0.2) is 4.79 Å². The molecular formula is C16H22N4O5. The molecule has 136 valence electrons. The number of nitrogens with one attached hydrogen (secondary N) is 4. The summed E-state index contributed by atoms with van der Waals surface area (Å²) >= 11 is 0. The van der Waals surface area contributed by atoms with Crippen LogP contribution in [0.15, 0.2) is 0 Å². The molecule has 0 aromatic rings. The molecule has 0 saturated heterocycles. The number of hydrogen-bond donors (Lipinski definition) is 4. The lowest BCUT2D eigenvalue weighted by Gasteiger charge is -2.20. The second-order valence-electron chi connectivity index (χ2n) is 5.03. The van der Waals surface area contributed by atoms with E-state index in [2.05, 4.69) is 37.8 Å². The van der Waals surface area contributed by atoms with Crippen LogP contribution in [-0.4, -0.2) is 55.1 Å². The van der Waals surface area contributed by atoms with Crippen molar-refractivity contribution < 1.29 is 23.9 Å². The first-order chi connectivity index (χ1) is 11.7. The Bertz CT molecular complexity index is 590. The van der Waals surface area contributed by atoms with E-state index in [1.54, 1.807) is 0 Å². The molecule has 0 aromatic heterocycles. The molecule has 0 rings (SSSR count). The summed E-state index contributed by atoms with van der Waals surface area (Å²) in [5.74, 6) is 2.72. The van der Waals surface area contributed by atoms with Gasteiger partial charge < -0.3 is 26.0 Å². The summed E-state index contributed by atoms with van der Waals surface area (Å²) in [5.41, 5.74) is 0. The number of carbonyl (C=O) groups is 4. The number of rotatable bonds is 8. The van der Waals surface area contributed by atoms with Crippen molar-refractivity contribution in [2.24, 2.45) is 0 Å². The Hall–Kier alpha value is -3.20. The number of alkyl carbamates (subject to hydrolysis) is 1. The number of hydrogen-bond acceptors (Lipinski definition) is 5. The Balaban J connectivity index is 4.39. The van der Waals surface area contributed by atoms with Crippen LogP contribution in [0, 0.1) is 24.7 Å². The summed E-state index contributed by atoms with van der Waals surface area (Å²) in [5, 5.41) is 9.51. The van der Waals surface area contributed by atoms with Crippen molar-refractivity contribution >= 4 is 23.8 Å². The van der Waals surface area contributed by atoms with Crippen LogP contribution in [0.3, 0.4) is 0 Å². The molecule has 0 spiro atoms. The molecule has 0 fully saturated rings. The van der Waals surface area contributed by atoms with Crippen molar-refractivity contribution in [2.45, 2.75) is 38.9 Å². The first kappa shape index (κ1) is 21.8. The first-order valence-electron chi connectivity index (χ1n) is 7.41. The molecule has 0 heterocycles. The third-order valence-electron chi connectivity index (χ3n) is 2.88. The first-order valence-corrected chi connectivity index (χ1v) is 7.41. The van der Waals surface area contributed by atoms with Crippen molar-refractivity contribution in [1.29, 1.82) is 0 Å². The lowest BCUT2D eigenvalue weighted by Crippen LogP contribution is -2.54. The van der Waals surface area contributed by atoms with Crippen LogP contribution in [0.2, 0.25) is 0 Å². The summed E-state index contributed by atoms with van der Waals surface area (Å²) in [6.07, 6.45) is 9.11. The highest BCUT2D eigenvalue weighted by Crippen LogP contribution is 1.91. The molecule has 9 heteroatoms. The molecule has 0 aliphatic carbocycles. The Kier molecular flexibility index (Phi) is 9.90. The van der Waals surface area contributed by atoms with Gasteiger partial charge in [0.15, 0.2) is 6.61 Å². The highest BCUT2D eigenvalue weighted by molar-refractivity contribution is 5.93. The average molecular weight is 350 g/mol. The van der Waals surface area contributed by atoms with E-state index in [0.29, 0.717) is 0 Å². The number of carbonyl (C=O) groups excluding carboxylic acids is 4. The SMILES string of the molecule is C#CCNC(=O)[C@H](C)NC(=O)[C@H](C)NC(=O)[C@H](C)NC(=O)OCC#C. The molecule has 9 nitrogen and oxygen atoms in total. The van der Waals surface area contributed by atoms with Crippen molar-refractivity contribution in [3.8, 4) is 24.7 Å². The van der Waals surface area contributed by atoms with Gasteiger partial charge >= 0.3 is 6.09 Å². The van der Waals surface area contributed by atoms with Gasteiger partial charge in [-0.3, -0.25) is 14.4 Å². The van der Waals surface area contributed by atoms with Gasteiger partial charge in [0, 0.05) is 0 Å². The fraction of sp³-hybridized carbons (Fsp3) is 0.500. The van der Waals surface area contributed by atoms with Gasteiger partial charge in [0.25, 0.3) is 0 Å². The standard InChI is InChI=1S/C16H22N4O5/c1-6-8-17-13(21)10(3)18-14(22)11(4)19-15(23)12(5)20-16(24)25-9-7-2/h1-2,10-12H,8-9H2,3-5H3,(H,17,21)(H,18,22)(H,19,23)(H,20,24)/t10-,11-,12-/m0/s1. The fourth-order valence-electron chi connectivity index (χ4n) is 1.49. The molecule has 25 heavy (non-hydrogen) atoms. The van der Waals surface area contributed by atoms with E-state index in [1.165, 1.54) is 20.8 Å². The zero-order valence-corrected chi connectivity index (χ0v) is 14.3. The predicted octanol–water partition coefficient (Wildman–Crippen LogP) is -1.51. The smallest absolute Gasteiger partial charge is 0.408 e. The molecule has 0 saturated carbocycles. The molecule has 0 unspecified atom stereocenters. The van der Waals surface area contributed by atoms with E-state index < -0.39 is 41.9 Å². The molecule has 0 radical (unpaired) electrons. The maximum atomic E-state index is 12.0. The molecule has 4 N–H and O–H groups in total. The van der Waals surface area contributed by atoms with Crippen LogP contribution in [0.25, 0.3) is 0 Å². The lowest BCUT2D eigenvalue weighted by molar-refractivity contribution is -0.131. The van der Waals surface area contributed by atoms with Gasteiger partial charge in [0.1, 0.15) is 18.1 Å². The Morgan fingerprint density at radius 3 is 1.80 bits per heavy atom. The van der Waals surface area contributed by atoms with Gasteiger partial charge in [-0.05, 0) is 20.8 Å². The maximum absolute atomic E-state index is 12.0. The molecule has 0 aliphatic rings. The molecule has 4 amide bonds. The van der Waals surface area contributed by atoms with Crippen LogP contribution in [0.1, 0.15) is 20.8 Å². The highest BCUT2D eigenvalue weighted by atomic mass is 16.5. The van der Waals surface area contributed by atoms with Crippen LogP contribution in [-0.2, 0) is 19.1 Å². The summed E-state index contributed by atoms with van der Waals surface area (Å²) < 4.78 is 4.57. The van der Waals surface area contributed by atoms with Crippen molar-refractivity contribution in [3.63, 3.8) is 0 Å². The van der Waals surface area contributed by atoms with Gasteiger partial charge in [-0.2, -0.15) is 0 Å². The van der Waals surface area contributed by atoms with E-state index in [1.807, 2.05) is 0 Å². The summed E-state index contributed by atoms with van der Waals surface area (Å²) in [7, 11) is 0. The predicted molar refractivity (Wildman–Crippen MR) is 89.8 cm³/mol. The van der Waals surface area contributed by atoms with Crippen molar-refractivity contribution in [1.82, 2.24) is 21.3 Å². The monoisotopic (exact) mass is 350 g/mol. The third-order valence-corrected chi connectivity index (χ3v) is 2.88.